The van der Waals surface area contributed by atoms with E-state index >= 15 is 0 Å². The van der Waals surface area contributed by atoms with Gasteiger partial charge in [-0.1, -0.05) is 34.6 Å². The van der Waals surface area contributed by atoms with Crippen molar-refractivity contribution >= 4 is 44.5 Å². The molecule has 0 aliphatic rings. The van der Waals surface area contributed by atoms with Crippen LogP contribution in [-0.2, 0) is 11.3 Å². The molecule has 0 bridgehead atoms. The van der Waals surface area contributed by atoms with Gasteiger partial charge in [0.2, 0.25) is 5.91 Å². The molecule has 118 valence electrons. The van der Waals surface area contributed by atoms with Crippen molar-refractivity contribution in [2.24, 2.45) is 0 Å². The van der Waals surface area contributed by atoms with Gasteiger partial charge in [-0.15, -0.1) is 0 Å². The van der Waals surface area contributed by atoms with E-state index in [-0.39, 0.29) is 17.2 Å². The van der Waals surface area contributed by atoms with Crippen LogP contribution in [0.15, 0.2) is 32.6 Å². The largest absolute Gasteiger partial charge is 0.348 e. The predicted molar refractivity (Wildman–Crippen MR) is 93.4 cm³/mol. The van der Waals surface area contributed by atoms with Crippen LogP contribution >= 0.6 is 27.7 Å². The molecule has 1 amide bonds. The zero-order valence-electron chi connectivity index (χ0n) is 12.8. The molecule has 5 nitrogen and oxygen atoms in total. The normalized spacial score (nSPS) is 10.9. The molecule has 1 aromatic carbocycles. The lowest BCUT2D eigenvalue weighted by molar-refractivity contribution is -0.125. The van der Waals surface area contributed by atoms with E-state index in [4.69, 9.17) is 0 Å². The number of amides is 1. The van der Waals surface area contributed by atoms with Gasteiger partial charge in [-0.3, -0.25) is 14.2 Å². The number of thioether (sulfide) groups is 1. The number of hydrogen-bond acceptors (Lipinski definition) is 4. The summed E-state index contributed by atoms with van der Waals surface area (Å²) in [7, 11) is 3.43. The highest BCUT2D eigenvalue weighted by Crippen LogP contribution is 2.21. The fraction of sp³-hybridized carbons (Fsp3) is 0.400. The van der Waals surface area contributed by atoms with E-state index in [1.54, 1.807) is 24.7 Å². The van der Waals surface area contributed by atoms with Crippen LogP contribution in [0.5, 0.6) is 0 Å². The monoisotopic (exact) mass is 383 g/mol. The third-order valence-corrected chi connectivity index (χ3v) is 4.61. The van der Waals surface area contributed by atoms with Gasteiger partial charge >= 0.3 is 0 Å². The van der Waals surface area contributed by atoms with Crippen molar-refractivity contribution in [3.8, 4) is 0 Å². The van der Waals surface area contributed by atoms with Crippen LogP contribution in [0.1, 0.15) is 13.3 Å². The lowest BCUT2D eigenvalue weighted by Gasteiger charge is -2.14. The predicted octanol–water partition coefficient (Wildman–Crippen LogP) is 2.75. The van der Waals surface area contributed by atoms with Crippen molar-refractivity contribution in [1.82, 2.24) is 14.5 Å². The molecule has 0 aliphatic heterocycles. The first-order valence-corrected chi connectivity index (χ1v) is 8.75. The number of nitrogens with zero attached hydrogens (tertiary/aromatic N) is 3. The van der Waals surface area contributed by atoms with Crippen molar-refractivity contribution < 1.29 is 4.79 Å². The smallest absolute Gasteiger partial charge is 0.262 e. The zero-order chi connectivity index (χ0) is 16.3. The average Bonchev–Trinajstić information content (AvgIpc) is 2.48. The van der Waals surface area contributed by atoms with Crippen LogP contribution in [-0.4, -0.2) is 40.2 Å². The number of carbonyl (C=O) groups is 1. The van der Waals surface area contributed by atoms with E-state index in [2.05, 4.69) is 20.9 Å². The summed E-state index contributed by atoms with van der Waals surface area (Å²) < 4.78 is 2.51. The van der Waals surface area contributed by atoms with Crippen molar-refractivity contribution in [3.63, 3.8) is 0 Å². The van der Waals surface area contributed by atoms with E-state index in [1.807, 2.05) is 19.1 Å². The molecule has 2 aromatic rings. The number of benzene rings is 1. The Hall–Kier alpha value is -1.34. The maximum absolute atomic E-state index is 12.7. The minimum absolute atomic E-state index is 0.00167. The van der Waals surface area contributed by atoms with Gasteiger partial charge in [0.05, 0.1) is 16.7 Å². The molecule has 0 unspecified atom stereocenters. The van der Waals surface area contributed by atoms with Crippen molar-refractivity contribution in [2.45, 2.75) is 25.0 Å². The molecule has 0 N–H and O–H groups in total. The van der Waals surface area contributed by atoms with Crippen molar-refractivity contribution in [1.29, 1.82) is 0 Å². The van der Waals surface area contributed by atoms with E-state index in [9.17, 15) is 9.59 Å². The summed E-state index contributed by atoms with van der Waals surface area (Å²) in [4.78, 5) is 30.5. The number of halogens is 1. The average molecular weight is 384 g/mol. The Labute approximate surface area is 141 Å². The molecule has 0 atom stereocenters. The molecule has 2 rings (SSSR count). The van der Waals surface area contributed by atoms with E-state index in [0.29, 0.717) is 22.6 Å². The number of rotatable bonds is 5. The number of hydrogen-bond donors (Lipinski definition) is 0. The van der Waals surface area contributed by atoms with Gasteiger partial charge in [0.25, 0.3) is 5.56 Å². The molecule has 7 heteroatoms. The maximum Gasteiger partial charge on any atom is 0.262 e. The molecular weight excluding hydrogens is 366 g/mol. The molecule has 0 saturated carbocycles. The lowest BCUT2D eigenvalue weighted by Crippen LogP contribution is -2.26. The van der Waals surface area contributed by atoms with Crippen molar-refractivity contribution in [3.05, 3.63) is 33.0 Å². The zero-order valence-corrected chi connectivity index (χ0v) is 15.2. The topological polar surface area (TPSA) is 55.2 Å². The molecule has 0 fully saturated rings. The summed E-state index contributed by atoms with van der Waals surface area (Å²) in [5, 5.41) is 1.18. The van der Waals surface area contributed by atoms with Crippen LogP contribution in [0.4, 0.5) is 0 Å². The first kappa shape index (κ1) is 17.0. The minimum atomic E-state index is -0.0621. The van der Waals surface area contributed by atoms with Crippen LogP contribution < -0.4 is 5.56 Å². The first-order valence-electron chi connectivity index (χ1n) is 6.97. The van der Waals surface area contributed by atoms with Gasteiger partial charge in [0.1, 0.15) is 0 Å². The maximum atomic E-state index is 12.7. The molecule has 0 saturated heterocycles. The Balaban J connectivity index is 2.47. The number of aromatic nitrogens is 2. The quantitative estimate of drug-likeness (QED) is 0.588. The van der Waals surface area contributed by atoms with Gasteiger partial charge in [-0.25, -0.2) is 4.98 Å². The molecular formula is C15H18BrN3O2S. The van der Waals surface area contributed by atoms with Crippen LogP contribution in [0.3, 0.4) is 0 Å². The summed E-state index contributed by atoms with van der Waals surface area (Å²) in [6.45, 7) is 2.60. The molecule has 0 radical (unpaired) electrons. The molecule has 1 heterocycles. The Morgan fingerprint density at radius 3 is 2.77 bits per heavy atom. The van der Waals surface area contributed by atoms with E-state index in [0.717, 1.165) is 10.9 Å². The summed E-state index contributed by atoms with van der Waals surface area (Å²) in [6, 6.07) is 5.46. The second kappa shape index (κ2) is 7.28. The third kappa shape index (κ3) is 3.70. The van der Waals surface area contributed by atoms with Crippen LogP contribution in [0.2, 0.25) is 0 Å². The van der Waals surface area contributed by atoms with Crippen LogP contribution in [0.25, 0.3) is 10.9 Å². The van der Waals surface area contributed by atoms with Crippen LogP contribution in [0, 0.1) is 0 Å². The number of fused-ring (bicyclic) bond motifs is 1. The van der Waals surface area contributed by atoms with E-state index in [1.165, 1.54) is 16.7 Å². The SMILES string of the molecule is CCCn1c(SCC(=O)N(C)C)nc2ccc(Br)cc2c1=O. The Morgan fingerprint density at radius 2 is 2.14 bits per heavy atom. The summed E-state index contributed by atoms with van der Waals surface area (Å²) >= 11 is 4.69. The fourth-order valence-corrected chi connectivity index (χ4v) is 3.32. The second-order valence-electron chi connectivity index (χ2n) is 5.09. The number of carbonyl (C=O) groups excluding carboxylic acids is 1. The van der Waals surface area contributed by atoms with Gasteiger partial charge < -0.3 is 4.90 Å². The molecule has 1 aromatic heterocycles. The summed E-state index contributed by atoms with van der Waals surface area (Å²) in [5.41, 5.74) is 0.591. The van der Waals surface area contributed by atoms with Crippen molar-refractivity contribution in [2.75, 3.05) is 19.8 Å². The molecule has 0 aliphatic carbocycles. The lowest BCUT2D eigenvalue weighted by atomic mass is 10.2. The molecule has 22 heavy (non-hydrogen) atoms. The van der Waals surface area contributed by atoms with Gasteiger partial charge in [-0.2, -0.15) is 0 Å². The highest BCUT2D eigenvalue weighted by molar-refractivity contribution is 9.10. The highest BCUT2D eigenvalue weighted by atomic mass is 79.9. The minimum Gasteiger partial charge on any atom is -0.348 e. The standard InChI is InChI=1S/C15H18BrN3O2S/c1-4-7-19-14(21)11-8-10(16)5-6-12(11)17-15(19)22-9-13(20)18(2)3/h5-6,8H,4,7,9H2,1-3H3. The Kier molecular flexibility index (Phi) is 5.63. The third-order valence-electron chi connectivity index (χ3n) is 3.15. The van der Waals surface area contributed by atoms with Gasteiger partial charge in [0, 0.05) is 25.1 Å². The second-order valence-corrected chi connectivity index (χ2v) is 6.95. The summed E-state index contributed by atoms with van der Waals surface area (Å²) in [6.07, 6.45) is 0.830. The Morgan fingerprint density at radius 1 is 1.41 bits per heavy atom. The van der Waals surface area contributed by atoms with Gasteiger partial charge in [-0.05, 0) is 24.6 Å². The fourth-order valence-electron chi connectivity index (χ4n) is 1.96. The van der Waals surface area contributed by atoms with Gasteiger partial charge in [0.15, 0.2) is 5.16 Å². The highest BCUT2D eigenvalue weighted by Gasteiger charge is 2.13. The first-order chi connectivity index (χ1) is 10.4. The molecule has 0 spiro atoms. The summed E-state index contributed by atoms with van der Waals surface area (Å²) in [5.74, 6) is 0.267. The Bertz CT molecular complexity index is 758. The van der Waals surface area contributed by atoms with E-state index < -0.39 is 0 Å².